The molecular formula is C16H28N+. The second-order valence-electron chi connectivity index (χ2n) is 8.00. The summed E-state index contributed by atoms with van der Waals surface area (Å²) in [7, 11) is 0. The van der Waals surface area contributed by atoms with Crippen LogP contribution in [0, 0.1) is 29.1 Å². The van der Waals surface area contributed by atoms with Crippen LogP contribution in [-0.2, 0) is 0 Å². The van der Waals surface area contributed by atoms with Crippen molar-refractivity contribution in [3.05, 3.63) is 0 Å². The van der Waals surface area contributed by atoms with E-state index in [4.69, 9.17) is 0 Å². The maximum absolute atomic E-state index is 4.28. The average Bonchev–Trinajstić information content (AvgIpc) is 2.27. The first-order valence-electron chi connectivity index (χ1n) is 8.06. The van der Waals surface area contributed by atoms with E-state index in [-0.39, 0.29) is 0 Å². The Morgan fingerprint density at radius 1 is 0.706 bits per heavy atom. The molecule has 5 saturated carbocycles. The molecule has 17 heavy (non-hydrogen) atoms. The highest BCUT2D eigenvalue weighted by molar-refractivity contribution is 5.04. The summed E-state index contributed by atoms with van der Waals surface area (Å²) in [6, 6.07) is 0.778. The number of quaternary nitrogens is 1. The number of hydrogen-bond acceptors (Lipinski definition) is 0. The van der Waals surface area contributed by atoms with Crippen LogP contribution in [0.4, 0.5) is 0 Å². The zero-order valence-corrected chi connectivity index (χ0v) is 11.2. The Balaban J connectivity index is 1.56. The van der Waals surface area contributed by atoms with Gasteiger partial charge in [-0.2, -0.15) is 0 Å². The second-order valence-corrected chi connectivity index (χ2v) is 8.00. The van der Waals surface area contributed by atoms with Gasteiger partial charge in [0.1, 0.15) is 0 Å². The van der Waals surface area contributed by atoms with Crippen molar-refractivity contribution in [1.29, 1.82) is 0 Å². The molecule has 3 N–H and O–H groups in total. The number of rotatable bonds is 1. The molecule has 5 rings (SSSR count). The van der Waals surface area contributed by atoms with Gasteiger partial charge in [-0.15, -0.1) is 0 Å². The van der Waals surface area contributed by atoms with E-state index < -0.39 is 0 Å². The van der Waals surface area contributed by atoms with Crippen molar-refractivity contribution in [2.24, 2.45) is 29.1 Å². The van der Waals surface area contributed by atoms with Gasteiger partial charge in [0.15, 0.2) is 0 Å². The van der Waals surface area contributed by atoms with E-state index in [0.29, 0.717) is 0 Å². The predicted molar refractivity (Wildman–Crippen MR) is 69.2 cm³/mol. The fourth-order valence-electron chi connectivity index (χ4n) is 6.45. The van der Waals surface area contributed by atoms with Crippen LogP contribution in [0.15, 0.2) is 0 Å². The Labute approximate surface area is 106 Å². The molecule has 0 aliphatic heterocycles. The van der Waals surface area contributed by atoms with Gasteiger partial charge in [-0.1, -0.05) is 0 Å². The first-order chi connectivity index (χ1) is 8.23. The van der Waals surface area contributed by atoms with Crippen LogP contribution in [0.5, 0.6) is 0 Å². The van der Waals surface area contributed by atoms with Crippen molar-refractivity contribution in [2.45, 2.75) is 70.3 Å². The summed E-state index contributed by atoms with van der Waals surface area (Å²) >= 11 is 0. The van der Waals surface area contributed by atoms with E-state index >= 15 is 0 Å². The minimum Gasteiger partial charge on any atom is -0.355 e. The zero-order chi connectivity index (χ0) is 11.5. The quantitative estimate of drug-likeness (QED) is 0.722. The van der Waals surface area contributed by atoms with E-state index in [0.717, 1.165) is 35.1 Å². The van der Waals surface area contributed by atoms with Gasteiger partial charge in [-0.25, -0.2) is 0 Å². The van der Waals surface area contributed by atoms with Gasteiger partial charge < -0.3 is 5.73 Å². The molecule has 0 spiro atoms. The molecule has 1 nitrogen and oxygen atoms in total. The summed E-state index contributed by atoms with van der Waals surface area (Å²) in [5, 5.41) is 0. The largest absolute Gasteiger partial charge is 0.355 e. The molecule has 5 aliphatic carbocycles. The van der Waals surface area contributed by atoms with Crippen LogP contribution in [0.2, 0.25) is 0 Å². The fraction of sp³-hybridized carbons (Fsp3) is 1.00. The van der Waals surface area contributed by atoms with Gasteiger partial charge in [-0.3, -0.25) is 0 Å². The van der Waals surface area contributed by atoms with E-state index in [1.165, 1.54) is 25.7 Å². The first kappa shape index (κ1) is 10.8. The molecule has 5 fully saturated rings. The Hall–Kier alpha value is -0.0400. The van der Waals surface area contributed by atoms with Gasteiger partial charge in [0.05, 0.1) is 6.04 Å². The maximum Gasteiger partial charge on any atom is 0.0843 e. The lowest BCUT2D eigenvalue weighted by atomic mass is 9.45. The summed E-state index contributed by atoms with van der Waals surface area (Å²) in [5.74, 6) is 4.50. The Morgan fingerprint density at radius 2 is 1.18 bits per heavy atom. The minimum atomic E-state index is 0.778. The molecule has 4 bridgehead atoms. The third-order valence-electron chi connectivity index (χ3n) is 6.80. The molecule has 5 aliphatic rings. The summed E-state index contributed by atoms with van der Waals surface area (Å²) in [5.41, 5.74) is 5.11. The molecule has 1 heteroatoms. The normalized spacial score (nSPS) is 57.4. The molecular weight excluding hydrogens is 206 g/mol. The highest BCUT2D eigenvalue weighted by Crippen LogP contribution is 2.64. The van der Waals surface area contributed by atoms with Gasteiger partial charge in [-0.05, 0) is 93.3 Å². The molecule has 0 radical (unpaired) electrons. The van der Waals surface area contributed by atoms with Crippen LogP contribution in [0.3, 0.4) is 0 Å². The standard InChI is InChI=1S/C16H27N/c17-15-3-1-14(2-4-15)16-8-11-5-12(9-16)7-13(6-11)10-16/h11-15H,1-10,17H2/p+1. The molecule has 0 aromatic carbocycles. The summed E-state index contributed by atoms with van der Waals surface area (Å²) < 4.78 is 0. The van der Waals surface area contributed by atoms with Gasteiger partial charge in [0.2, 0.25) is 0 Å². The van der Waals surface area contributed by atoms with Crippen molar-refractivity contribution in [3.63, 3.8) is 0 Å². The molecule has 0 unspecified atom stereocenters. The molecule has 0 aromatic rings. The molecule has 0 amide bonds. The summed E-state index contributed by atoms with van der Waals surface area (Å²) in [4.78, 5) is 0. The zero-order valence-electron chi connectivity index (χ0n) is 11.2. The minimum absolute atomic E-state index is 0.778. The monoisotopic (exact) mass is 234 g/mol. The van der Waals surface area contributed by atoms with Gasteiger partial charge in [0, 0.05) is 0 Å². The SMILES string of the molecule is [NH3+]C1CCC(C23CC4CC(CC(C4)C2)C3)CC1. The smallest absolute Gasteiger partial charge is 0.0843 e. The van der Waals surface area contributed by atoms with Gasteiger partial charge in [0.25, 0.3) is 0 Å². The van der Waals surface area contributed by atoms with Crippen molar-refractivity contribution >= 4 is 0 Å². The van der Waals surface area contributed by atoms with Crippen molar-refractivity contribution < 1.29 is 5.73 Å². The lowest BCUT2D eigenvalue weighted by molar-refractivity contribution is -0.427. The fourth-order valence-corrected chi connectivity index (χ4v) is 6.45. The van der Waals surface area contributed by atoms with Crippen molar-refractivity contribution in [3.8, 4) is 0 Å². The highest BCUT2D eigenvalue weighted by atomic mass is 14.7. The third kappa shape index (κ3) is 1.69. The van der Waals surface area contributed by atoms with Crippen LogP contribution in [-0.4, -0.2) is 6.04 Å². The van der Waals surface area contributed by atoms with Crippen LogP contribution < -0.4 is 5.73 Å². The van der Waals surface area contributed by atoms with E-state index in [1.54, 1.807) is 38.5 Å². The van der Waals surface area contributed by atoms with Crippen molar-refractivity contribution in [1.82, 2.24) is 0 Å². The maximum atomic E-state index is 4.28. The molecule has 0 saturated heterocycles. The molecule has 0 aromatic heterocycles. The Morgan fingerprint density at radius 3 is 1.65 bits per heavy atom. The molecule has 0 atom stereocenters. The molecule has 0 heterocycles. The van der Waals surface area contributed by atoms with Crippen molar-refractivity contribution in [2.75, 3.05) is 0 Å². The van der Waals surface area contributed by atoms with Gasteiger partial charge >= 0.3 is 0 Å². The van der Waals surface area contributed by atoms with E-state index in [9.17, 15) is 0 Å². The summed E-state index contributed by atoms with van der Waals surface area (Å²) in [6.07, 6.45) is 15.5. The first-order valence-corrected chi connectivity index (χ1v) is 8.06. The molecule has 96 valence electrons. The third-order valence-corrected chi connectivity index (χ3v) is 6.80. The predicted octanol–water partition coefficient (Wildman–Crippen LogP) is 3.00. The second kappa shape index (κ2) is 3.73. The topological polar surface area (TPSA) is 27.6 Å². The average molecular weight is 234 g/mol. The van der Waals surface area contributed by atoms with Crippen LogP contribution >= 0.6 is 0 Å². The van der Waals surface area contributed by atoms with E-state index in [2.05, 4.69) is 5.73 Å². The van der Waals surface area contributed by atoms with E-state index in [1.807, 2.05) is 0 Å². The van der Waals surface area contributed by atoms with Crippen LogP contribution in [0.25, 0.3) is 0 Å². The highest BCUT2D eigenvalue weighted by Gasteiger charge is 2.54. The Bertz CT molecular complexity index is 265. The number of hydrogen-bond donors (Lipinski definition) is 1. The summed E-state index contributed by atoms with van der Waals surface area (Å²) in [6.45, 7) is 0. The Kier molecular flexibility index (Phi) is 2.38. The lowest BCUT2D eigenvalue weighted by Gasteiger charge is -2.60. The lowest BCUT2D eigenvalue weighted by Crippen LogP contribution is -2.62. The van der Waals surface area contributed by atoms with Crippen LogP contribution in [0.1, 0.15) is 64.2 Å².